The van der Waals surface area contributed by atoms with Crippen LogP contribution in [0.1, 0.15) is 25.0 Å². The first-order valence-corrected chi connectivity index (χ1v) is 7.36. The number of benzene rings is 2. The van der Waals surface area contributed by atoms with Crippen molar-refractivity contribution in [2.45, 2.75) is 33.0 Å². The van der Waals surface area contributed by atoms with Crippen molar-refractivity contribution < 1.29 is 9.84 Å². The van der Waals surface area contributed by atoms with Gasteiger partial charge in [-0.1, -0.05) is 49.7 Å². The fraction of sp³-hybridized carbons (Fsp3) is 0.294. The maximum absolute atomic E-state index is 9.38. The average molecular weight is 306 g/mol. The van der Waals surface area contributed by atoms with E-state index in [1.54, 1.807) is 6.07 Å². The van der Waals surface area contributed by atoms with Crippen molar-refractivity contribution >= 4 is 11.6 Å². The molecule has 0 saturated carbocycles. The van der Waals surface area contributed by atoms with E-state index in [9.17, 15) is 5.11 Å². The minimum absolute atomic E-state index is 0.0592. The highest BCUT2D eigenvalue weighted by atomic mass is 35.5. The predicted molar refractivity (Wildman–Crippen MR) is 85.9 cm³/mol. The quantitative estimate of drug-likeness (QED) is 0.843. The molecular formula is C17H20ClNO2. The van der Waals surface area contributed by atoms with Gasteiger partial charge in [0.2, 0.25) is 0 Å². The van der Waals surface area contributed by atoms with Crippen molar-refractivity contribution in [1.82, 2.24) is 5.32 Å². The molecule has 2 N–H and O–H groups in total. The zero-order valence-electron chi connectivity index (χ0n) is 12.3. The summed E-state index contributed by atoms with van der Waals surface area (Å²) in [6.07, 6.45) is 0. The summed E-state index contributed by atoms with van der Waals surface area (Å²) in [7, 11) is 0. The van der Waals surface area contributed by atoms with E-state index in [0.29, 0.717) is 29.1 Å². The normalized spacial score (nSPS) is 10.9. The van der Waals surface area contributed by atoms with Gasteiger partial charge in [0.05, 0.1) is 6.61 Å². The van der Waals surface area contributed by atoms with E-state index < -0.39 is 0 Å². The first kappa shape index (κ1) is 15.8. The highest BCUT2D eigenvalue weighted by molar-refractivity contribution is 6.30. The van der Waals surface area contributed by atoms with Gasteiger partial charge in [0.25, 0.3) is 0 Å². The lowest BCUT2D eigenvalue weighted by molar-refractivity contribution is 0.276. The summed E-state index contributed by atoms with van der Waals surface area (Å²) in [6.45, 7) is 4.83. The number of hydrogen-bond acceptors (Lipinski definition) is 3. The summed E-state index contributed by atoms with van der Waals surface area (Å²) in [5, 5.41) is 13.4. The zero-order chi connectivity index (χ0) is 15.2. The largest absolute Gasteiger partial charge is 0.457 e. The molecule has 0 radical (unpaired) electrons. The van der Waals surface area contributed by atoms with Gasteiger partial charge in [-0.25, -0.2) is 0 Å². The van der Waals surface area contributed by atoms with Gasteiger partial charge in [-0.05, 0) is 18.2 Å². The molecule has 0 aliphatic rings. The highest BCUT2D eigenvalue weighted by Gasteiger charge is 2.09. The highest BCUT2D eigenvalue weighted by Crippen LogP contribution is 2.30. The molecule has 2 rings (SSSR count). The molecule has 2 aromatic carbocycles. The van der Waals surface area contributed by atoms with E-state index in [1.165, 1.54) is 0 Å². The molecule has 3 nitrogen and oxygen atoms in total. The van der Waals surface area contributed by atoms with Gasteiger partial charge in [-0.3, -0.25) is 0 Å². The average Bonchev–Trinajstić information content (AvgIpc) is 2.47. The summed E-state index contributed by atoms with van der Waals surface area (Å²) in [5.74, 6) is 1.35. The fourth-order valence-electron chi connectivity index (χ4n) is 1.94. The van der Waals surface area contributed by atoms with Crippen LogP contribution < -0.4 is 10.1 Å². The monoisotopic (exact) mass is 305 g/mol. The third-order valence-corrected chi connectivity index (χ3v) is 3.33. The molecule has 0 fully saturated rings. The Kier molecular flexibility index (Phi) is 5.62. The smallest absolute Gasteiger partial charge is 0.133 e. The van der Waals surface area contributed by atoms with Crippen molar-refractivity contribution in [2.24, 2.45) is 0 Å². The molecule has 0 bridgehead atoms. The van der Waals surface area contributed by atoms with Gasteiger partial charge < -0.3 is 15.2 Å². The number of halogens is 1. The lowest BCUT2D eigenvalue weighted by atomic mass is 10.1. The number of aliphatic hydroxyl groups excluding tert-OH is 1. The Hall–Kier alpha value is -1.55. The lowest BCUT2D eigenvalue weighted by Gasteiger charge is -2.15. The zero-order valence-corrected chi connectivity index (χ0v) is 13.0. The van der Waals surface area contributed by atoms with Crippen LogP contribution in [-0.4, -0.2) is 11.1 Å². The van der Waals surface area contributed by atoms with Gasteiger partial charge in [0.15, 0.2) is 0 Å². The summed E-state index contributed by atoms with van der Waals surface area (Å²) < 4.78 is 5.96. The minimum atomic E-state index is -0.0592. The van der Waals surface area contributed by atoms with Crippen molar-refractivity contribution in [3.8, 4) is 11.5 Å². The molecule has 2 aromatic rings. The van der Waals surface area contributed by atoms with Crippen molar-refractivity contribution in [1.29, 1.82) is 0 Å². The van der Waals surface area contributed by atoms with Crippen molar-refractivity contribution in [2.75, 3.05) is 0 Å². The van der Waals surface area contributed by atoms with Gasteiger partial charge >= 0.3 is 0 Å². The van der Waals surface area contributed by atoms with Crippen LogP contribution in [0.3, 0.4) is 0 Å². The first-order chi connectivity index (χ1) is 10.1. The molecule has 0 amide bonds. The van der Waals surface area contributed by atoms with Crippen LogP contribution in [0.2, 0.25) is 5.02 Å². The van der Waals surface area contributed by atoms with Crippen LogP contribution >= 0.6 is 11.6 Å². The molecule has 4 heteroatoms. The maximum atomic E-state index is 9.38. The van der Waals surface area contributed by atoms with Gasteiger partial charge in [0, 0.05) is 28.7 Å². The topological polar surface area (TPSA) is 41.5 Å². The number of aliphatic hydroxyl groups is 1. The van der Waals surface area contributed by atoms with E-state index >= 15 is 0 Å². The Morgan fingerprint density at radius 1 is 1.10 bits per heavy atom. The Bertz CT molecular complexity index is 599. The summed E-state index contributed by atoms with van der Waals surface area (Å²) >= 11 is 6.07. The summed E-state index contributed by atoms with van der Waals surface area (Å²) in [6, 6.07) is 13.4. The van der Waals surface area contributed by atoms with E-state index in [2.05, 4.69) is 19.2 Å². The molecule has 0 heterocycles. The predicted octanol–water partition coefficient (Wildman–Crippen LogP) is 4.12. The number of hydrogen-bond donors (Lipinski definition) is 2. The minimum Gasteiger partial charge on any atom is -0.457 e. The Balaban J connectivity index is 2.27. The number of nitrogens with one attached hydrogen (secondary N) is 1. The molecule has 0 aromatic heterocycles. The van der Waals surface area contributed by atoms with Crippen molar-refractivity contribution in [3.63, 3.8) is 0 Å². The Labute approximate surface area is 130 Å². The third kappa shape index (κ3) is 4.46. The van der Waals surface area contributed by atoms with E-state index in [0.717, 1.165) is 11.1 Å². The molecule has 21 heavy (non-hydrogen) atoms. The van der Waals surface area contributed by atoms with Gasteiger partial charge in [0.1, 0.15) is 11.5 Å². The van der Waals surface area contributed by atoms with Crippen molar-refractivity contribution in [3.05, 3.63) is 58.6 Å². The van der Waals surface area contributed by atoms with Crippen LogP contribution in [0.25, 0.3) is 0 Å². The van der Waals surface area contributed by atoms with Gasteiger partial charge in [-0.2, -0.15) is 0 Å². The maximum Gasteiger partial charge on any atom is 0.133 e. The van der Waals surface area contributed by atoms with E-state index in [4.69, 9.17) is 16.3 Å². The van der Waals surface area contributed by atoms with Crippen LogP contribution in [0.4, 0.5) is 0 Å². The molecular weight excluding hydrogens is 286 g/mol. The first-order valence-electron chi connectivity index (χ1n) is 6.98. The molecule has 0 unspecified atom stereocenters. The van der Waals surface area contributed by atoms with E-state index in [-0.39, 0.29) is 6.61 Å². The second kappa shape index (κ2) is 7.46. The van der Waals surface area contributed by atoms with E-state index in [1.807, 2.05) is 36.4 Å². The lowest BCUT2D eigenvalue weighted by Crippen LogP contribution is -2.22. The van der Waals surface area contributed by atoms with Crippen LogP contribution in [-0.2, 0) is 13.2 Å². The molecule has 112 valence electrons. The Morgan fingerprint density at radius 2 is 1.86 bits per heavy atom. The van der Waals surface area contributed by atoms with Crippen LogP contribution in [0.5, 0.6) is 11.5 Å². The SMILES string of the molecule is CC(C)NCc1ccc(Cl)cc1Oc1ccccc1CO. The summed E-state index contributed by atoms with van der Waals surface area (Å²) in [5.41, 5.74) is 1.78. The fourth-order valence-corrected chi connectivity index (χ4v) is 2.10. The third-order valence-electron chi connectivity index (χ3n) is 3.09. The second-order valence-electron chi connectivity index (χ2n) is 5.16. The number of rotatable bonds is 6. The number of ether oxygens (including phenoxy) is 1. The second-order valence-corrected chi connectivity index (χ2v) is 5.59. The standard InChI is InChI=1S/C17H20ClNO2/c1-12(2)19-10-13-7-8-15(18)9-17(13)21-16-6-4-3-5-14(16)11-20/h3-9,12,19-20H,10-11H2,1-2H3. The molecule has 0 aliphatic heterocycles. The summed E-state index contributed by atoms with van der Waals surface area (Å²) in [4.78, 5) is 0. The van der Waals surface area contributed by atoms with Crippen LogP contribution in [0, 0.1) is 0 Å². The number of para-hydroxylation sites is 1. The molecule has 0 spiro atoms. The molecule has 0 aliphatic carbocycles. The van der Waals surface area contributed by atoms with Crippen LogP contribution in [0.15, 0.2) is 42.5 Å². The van der Waals surface area contributed by atoms with Gasteiger partial charge in [-0.15, -0.1) is 0 Å². The Morgan fingerprint density at radius 3 is 2.57 bits per heavy atom. The molecule has 0 saturated heterocycles. The molecule has 0 atom stereocenters.